The summed E-state index contributed by atoms with van der Waals surface area (Å²) in [5.74, 6) is 0.195. The molecule has 0 saturated carbocycles. The predicted molar refractivity (Wildman–Crippen MR) is 72.1 cm³/mol. The average molecular weight is 283 g/mol. The van der Waals surface area contributed by atoms with Crippen LogP contribution in [0.2, 0.25) is 0 Å². The van der Waals surface area contributed by atoms with Gasteiger partial charge in [-0.05, 0) is 32.0 Å². The molecule has 0 unspecified atom stereocenters. The molecule has 0 amide bonds. The zero-order valence-corrected chi connectivity index (χ0v) is 11.3. The quantitative estimate of drug-likeness (QED) is 0.788. The predicted octanol–water partition coefficient (Wildman–Crippen LogP) is 3.10. The number of halogens is 3. The van der Waals surface area contributed by atoms with Crippen LogP contribution in [0.5, 0.6) is 5.75 Å². The molecule has 1 heterocycles. The molecule has 2 rings (SSSR count). The van der Waals surface area contributed by atoms with Gasteiger partial charge in [0.2, 0.25) is 0 Å². The molecule has 3 nitrogen and oxygen atoms in total. The average Bonchev–Trinajstić information content (AvgIpc) is 2.85. The molecule has 0 fully saturated rings. The van der Waals surface area contributed by atoms with Crippen LogP contribution in [0.4, 0.5) is 12.9 Å². The Morgan fingerprint density at radius 2 is 2.00 bits per heavy atom. The van der Waals surface area contributed by atoms with Gasteiger partial charge in [0.05, 0.1) is 5.69 Å². The van der Waals surface area contributed by atoms with Crippen molar-refractivity contribution in [3.05, 3.63) is 42.2 Å². The van der Waals surface area contributed by atoms with Gasteiger partial charge in [-0.3, -0.25) is 4.68 Å². The molecule has 2 aromatic rings. The summed E-state index contributed by atoms with van der Waals surface area (Å²) in [7, 11) is 0. The first-order chi connectivity index (χ1) is 9.36. The zero-order chi connectivity index (χ0) is 14.8. The van der Waals surface area contributed by atoms with Crippen LogP contribution >= 0.6 is 0 Å². The summed E-state index contributed by atoms with van der Waals surface area (Å²) >= 11 is 0. The van der Waals surface area contributed by atoms with Crippen molar-refractivity contribution in [3.8, 4) is 5.75 Å². The van der Waals surface area contributed by atoms with Crippen molar-refractivity contribution in [2.24, 2.45) is 0 Å². The Hall–Kier alpha value is -1.92. The Kier molecular flexibility index (Phi) is 4.06. The Labute approximate surface area is 115 Å². The summed E-state index contributed by atoms with van der Waals surface area (Å²) < 4.78 is 45.0. The van der Waals surface area contributed by atoms with Crippen LogP contribution in [-0.2, 0) is 6.61 Å². The fraction of sp³-hybridized carbons (Fsp3) is 0.308. The van der Waals surface area contributed by atoms with E-state index in [0.29, 0.717) is 5.69 Å². The van der Waals surface area contributed by atoms with E-state index in [9.17, 15) is 12.9 Å². The van der Waals surface area contributed by atoms with Gasteiger partial charge in [0, 0.05) is 12.2 Å². The smallest absolute Gasteiger partial charge is 0.487 e. The van der Waals surface area contributed by atoms with Gasteiger partial charge in [-0.1, -0.05) is 12.1 Å². The second-order valence-corrected chi connectivity index (χ2v) is 4.82. The van der Waals surface area contributed by atoms with Gasteiger partial charge in [-0.25, -0.2) is 0 Å². The standard InChI is InChI=1S/C13H15BF3N2O/c1-10(2)19-7-6-12(18-19)9-20-13-5-3-4-11(8-13)14(15,16)17/h3-8,10H,9H2,1-2H3/q-1. The minimum absolute atomic E-state index is 0.147. The summed E-state index contributed by atoms with van der Waals surface area (Å²) in [4.78, 5) is 0. The molecular weight excluding hydrogens is 268 g/mol. The minimum atomic E-state index is -5.00. The maximum Gasteiger partial charge on any atom is 0.509 e. The van der Waals surface area contributed by atoms with Gasteiger partial charge in [0.25, 0.3) is 0 Å². The number of hydrogen-bond acceptors (Lipinski definition) is 2. The van der Waals surface area contributed by atoms with Gasteiger partial charge in [-0.15, -0.1) is 5.46 Å². The van der Waals surface area contributed by atoms with E-state index >= 15 is 0 Å². The van der Waals surface area contributed by atoms with E-state index in [1.54, 1.807) is 10.7 Å². The topological polar surface area (TPSA) is 27.1 Å². The Bertz CT molecular complexity index is 581. The van der Waals surface area contributed by atoms with Crippen LogP contribution in [0.1, 0.15) is 25.6 Å². The molecule has 0 saturated heterocycles. The van der Waals surface area contributed by atoms with Crippen LogP contribution in [0.25, 0.3) is 0 Å². The van der Waals surface area contributed by atoms with E-state index in [4.69, 9.17) is 4.74 Å². The normalized spacial score (nSPS) is 11.9. The second-order valence-electron chi connectivity index (χ2n) is 4.82. The SMILES string of the molecule is CC(C)n1ccc(COc2cccc([B-](F)(F)F)c2)n1. The minimum Gasteiger partial charge on any atom is -0.487 e. The van der Waals surface area contributed by atoms with E-state index in [1.165, 1.54) is 12.1 Å². The van der Waals surface area contributed by atoms with Crippen molar-refractivity contribution in [2.45, 2.75) is 26.5 Å². The number of nitrogens with zero attached hydrogens (tertiary/aromatic N) is 2. The highest BCUT2D eigenvalue weighted by Gasteiger charge is 2.25. The third kappa shape index (κ3) is 3.56. The summed E-state index contributed by atoms with van der Waals surface area (Å²) in [6.45, 7) is -0.870. The maximum absolute atomic E-state index is 12.6. The summed E-state index contributed by atoms with van der Waals surface area (Å²) in [5, 5.41) is 4.27. The van der Waals surface area contributed by atoms with E-state index in [1.807, 2.05) is 20.0 Å². The number of ether oxygens (including phenoxy) is 1. The fourth-order valence-corrected chi connectivity index (χ4v) is 1.71. The van der Waals surface area contributed by atoms with Gasteiger partial charge >= 0.3 is 6.98 Å². The Morgan fingerprint density at radius 1 is 1.25 bits per heavy atom. The van der Waals surface area contributed by atoms with Crippen LogP contribution in [-0.4, -0.2) is 16.8 Å². The van der Waals surface area contributed by atoms with Crippen molar-refractivity contribution in [1.82, 2.24) is 9.78 Å². The molecule has 20 heavy (non-hydrogen) atoms. The molecule has 0 radical (unpaired) electrons. The zero-order valence-electron chi connectivity index (χ0n) is 11.3. The molecule has 0 spiro atoms. The molecule has 0 aliphatic heterocycles. The first kappa shape index (κ1) is 14.5. The lowest BCUT2D eigenvalue weighted by Gasteiger charge is -2.15. The Morgan fingerprint density at radius 3 is 2.60 bits per heavy atom. The van der Waals surface area contributed by atoms with Crippen LogP contribution < -0.4 is 10.2 Å². The van der Waals surface area contributed by atoms with Crippen LogP contribution in [0, 0.1) is 0 Å². The molecule has 7 heteroatoms. The van der Waals surface area contributed by atoms with Gasteiger partial charge in [0.1, 0.15) is 12.4 Å². The first-order valence-corrected chi connectivity index (χ1v) is 6.33. The molecule has 0 N–H and O–H groups in total. The molecule has 0 bridgehead atoms. The van der Waals surface area contributed by atoms with Crippen molar-refractivity contribution >= 4 is 12.4 Å². The number of aromatic nitrogens is 2. The number of benzene rings is 1. The maximum atomic E-state index is 12.6. The fourth-order valence-electron chi connectivity index (χ4n) is 1.71. The highest BCUT2D eigenvalue weighted by atomic mass is 19.4. The lowest BCUT2D eigenvalue weighted by Crippen LogP contribution is -2.33. The van der Waals surface area contributed by atoms with E-state index in [-0.39, 0.29) is 18.4 Å². The molecule has 0 aliphatic carbocycles. The highest BCUT2D eigenvalue weighted by Crippen LogP contribution is 2.15. The molecule has 0 aliphatic rings. The monoisotopic (exact) mass is 283 g/mol. The molecule has 1 aromatic heterocycles. The summed E-state index contributed by atoms with van der Waals surface area (Å²) in [5.41, 5.74) is 0.0248. The molecular formula is C13H15BF3N2O-. The highest BCUT2D eigenvalue weighted by molar-refractivity contribution is 6.73. The Balaban J connectivity index is 2.03. The van der Waals surface area contributed by atoms with Gasteiger partial charge < -0.3 is 17.7 Å². The molecule has 1 aromatic carbocycles. The van der Waals surface area contributed by atoms with Crippen molar-refractivity contribution in [2.75, 3.05) is 0 Å². The van der Waals surface area contributed by atoms with E-state index in [2.05, 4.69) is 5.10 Å². The largest absolute Gasteiger partial charge is 0.509 e. The van der Waals surface area contributed by atoms with Crippen LogP contribution in [0.3, 0.4) is 0 Å². The first-order valence-electron chi connectivity index (χ1n) is 6.33. The molecule has 108 valence electrons. The van der Waals surface area contributed by atoms with Crippen molar-refractivity contribution in [1.29, 1.82) is 0 Å². The van der Waals surface area contributed by atoms with Crippen molar-refractivity contribution < 1.29 is 17.7 Å². The van der Waals surface area contributed by atoms with Gasteiger partial charge in [-0.2, -0.15) is 5.10 Å². The third-order valence-corrected chi connectivity index (χ3v) is 2.82. The van der Waals surface area contributed by atoms with E-state index in [0.717, 1.165) is 12.1 Å². The number of rotatable bonds is 5. The van der Waals surface area contributed by atoms with Crippen LogP contribution in [0.15, 0.2) is 36.5 Å². The summed E-state index contributed by atoms with van der Waals surface area (Å²) in [6, 6.07) is 6.93. The summed E-state index contributed by atoms with van der Waals surface area (Å²) in [6.07, 6.45) is 1.82. The third-order valence-electron chi connectivity index (χ3n) is 2.82. The second kappa shape index (κ2) is 5.60. The lowest BCUT2D eigenvalue weighted by atomic mass is 9.80. The van der Waals surface area contributed by atoms with Crippen molar-refractivity contribution in [3.63, 3.8) is 0 Å². The molecule has 0 atom stereocenters. The van der Waals surface area contributed by atoms with Gasteiger partial charge in [0.15, 0.2) is 0 Å². The lowest BCUT2D eigenvalue weighted by molar-refractivity contribution is 0.299. The van der Waals surface area contributed by atoms with E-state index < -0.39 is 12.4 Å². The number of hydrogen-bond donors (Lipinski definition) is 0.